The zero-order chi connectivity index (χ0) is 22.5. The second kappa shape index (κ2) is 10.4. The highest BCUT2D eigenvalue weighted by Gasteiger charge is 2.25. The van der Waals surface area contributed by atoms with Crippen molar-refractivity contribution >= 4 is 34.7 Å². The monoisotopic (exact) mass is 464 g/mol. The minimum absolute atomic E-state index is 0.0378. The summed E-state index contributed by atoms with van der Waals surface area (Å²) in [5.41, 5.74) is 6.21. The van der Waals surface area contributed by atoms with Crippen molar-refractivity contribution in [1.82, 2.24) is 10.2 Å². The van der Waals surface area contributed by atoms with Crippen molar-refractivity contribution in [1.29, 1.82) is 0 Å². The van der Waals surface area contributed by atoms with Gasteiger partial charge in [-0.3, -0.25) is 4.79 Å². The van der Waals surface area contributed by atoms with Crippen LogP contribution in [0, 0.1) is 0 Å². The lowest BCUT2D eigenvalue weighted by Crippen LogP contribution is -2.37. The highest BCUT2D eigenvalue weighted by Crippen LogP contribution is 2.31. The molecule has 32 heavy (non-hydrogen) atoms. The molecule has 0 saturated carbocycles. The molecular weight excluding hydrogens is 439 g/mol. The average Bonchev–Trinajstić information content (AvgIpc) is 2.85. The summed E-state index contributed by atoms with van der Waals surface area (Å²) in [7, 11) is 0. The van der Waals surface area contributed by atoms with Gasteiger partial charge in [0.25, 0.3) is 5.91 Å². The van der Waals surface area contributed by atoms with Crippen LogP contribution in [0.2, 0.25) is 10.0 Å². The van der Waals surface area contributed by atoms with Gasteiger partial charge in [0.15, 0.2) is 0 Å². The fourth-order valence-electron chi connectivity index (χ4n) is 4.12. The predicted molar refractivity (Wildman–Crippen MR) is 134 cm³/mol. The maximum absolute atomic E-state index is 13.6. The Morgan fingerprint density at radius 1 is 0.938 bits per heavy atom. The lowest BCUT2D eigenvalue weighted by molar-refractivity contribution is -0.127. The van der Waals surface area contributed by atoms with Crippen LogP contribution in [-0.4, -0.2) is 30.4 Å². The highest BCUT2D eigenvalue weighted by atomic mass is 35.5. The molecule has 0 aliphatic carbocycles. The van der Waals surface area contributed by atoms with Gasteiger partial charge in [0.05, 0.1) is 10.0 Å². The van der Waals surface area contributed by atoms with Crippen LogP contribution in [0.5, 0.6) is 0 Å². The van der Waals surface area contributed by atoms with E-state index in [0.29, 0.717) is 29.7 Å². The smallest absolute Gasteiger partial charge is 0.251 e. The van der Waals surface area contributed by atoms with E-state index in [1.54, 1.807) is 6.07 Å². The molecule has 0 radical (unpaired) electrons. The molecule has 5 heteroatoms. The van der Waals surface area contributed by atoms with E-state index < -0.39 is 0 Å². The summed E-state index contributed by atoms with van der Waals surface area (Å²) in [6.07, 6.45) is 0.814. The number of nitrogens with one attached hydrogen (secondary N) is 1. The Hall–Kier alpha value is -2.59. The van der Waals surface area contributed by atoms with Gasteiger partial charge in [-0.2, -0.15) is 0 Å². The van der Waals surface area contributed by atoms with Crippen molar-refractivity contribution in [3.05, 3.63) is 99.5 Å². The van der Waals surface area contributed by atoms with Crippen molar-refractivity contribution in [3.8, 4) is 11.1 Å². The molecule has 0 saturated heterocycles. The third kappa shape index (κ3) is 4.91. The third-order valence-corrected chi connectivity index (χ3v) is 6.71. The van der Waals surface area contributed by atoms with E-state index in [9.17, 15) is 4.79 Å². The molecule has 0 aromatic heterocycles. The van der Waals surface area contributed by atoms with Crippen LogP contribution in [0.1, 0.15) is 24.5 Å². The van der Waals surface area contributed by atoms with Gasteiger partial charge < -0.3 is 10.2 Å². The van der Waals surface area contributed by atoms with Gasteiger partial charge in [-0.05, 0) is 59.8 Å². The average molecular weight is 465 g/mol. The molecule has 0 atom stereocenters. The van der Waals surface area contributed by atoms with Gasteiger partial charge >= 0.3 is 0 Å². The molecule has 3 aromatic carbocycles. The summed E-state index contributed by atoms with van der Waals surface area (Å²) in [6, 6.07) is 24.3. The molecule has 3 aromatic rings. The summed E-state index contributed by atoms with van der Waals surface area (Å²) in [4.78, 5) is 15.5. The Morgan fingerprint density at radius 2 is 1.66 bits per heavy atom. The molecule has 4 rings (SSSR count). The largest absolute Gasteiger partial charge is 0.335 e. The van der Waals surface area contributed by atoms with E-state index in [2.05, 4.69) is 41.7 Å². The number of halogens is 2. The number of hydrogen-bond acceptors (Lipinski definition) is 2. The molecule has 1 aliphatic heterocycles. The molecule has 1 heterocycles. The van der Waals surface area contributed by atoms with E-state index in [1.165, 1.54) is 5.56 Å². The first kappa shape index (κ1) is 22.6. The maximum atomic E-state index is 13.6. The van der Waals surface area contributed by atoms with Gasteiger partial charge in [-0.15, -0.1) is 0 Å². The Bertz CT molecular complexity index is 1140. The van der Waals surface area contributed by atoms with Gasteiger partial charge in [0, 0.05) is 25.2 Å². The minimum Gasteiger partial charge on any atom is -0.335 e. The molecule has 0 fully saturated rings. The first-order valence-electron chi connectivity index (χ1n) is 10.9. The predicted octanol–water partition coefficient (Wildman–Crippen LogP) is 6.46. The third-order valence-electron chi connectivity index (χ3n) is 5.86. The molecule has 1 amide bonds. The van der Waals surface area contributed by atoms with Gasteiger partial charge in [0.2, 0.25) is 0 Å². The molecule has 0 unspecified atom stereocenters. The molecule has 1 N–H and O–H groups in total. The van der Waals surface area contributed by atoms with Gasteiger partial charge in [0.1, 0.15) is 0 Å². The van der Waals surface area contributed by atoms with E-state index >= 15 is 0 Å². The second-order valence-electron chi connectivity index (χ2n) is 7.86. The van der Waals surface area contributed by atoms with Crippen LogP contribution in [0.15, 0.2) is 78.4 Å². The maximum Gasteiger partial charge on any atom is 0.251 e. The number of carbonyl (C=O) groups excluding carboxylic acids is 1. The minimum atomic E-state index is 0.0378. The van der Waals surface area contributed by atoms with E-state index in [4.69, 9.17) is 23.2 Å². The number of rotatable bonds is 6. The van der Waals surface area contributed by atoms with Crippen LogP contribution >= 0.6 is 23.2 Å². The van der Waals surface area contributed by atoms with Crippen LogP contribution in [-0.2, 0) is 11.3 Å². The van der Waals surface area contributed by atoms with Crippen LogP contribution < -0.4 is 5.32 Å². The topological polar surface area (TPSA) is 32.3 Å². The number of carbonyl (C=O) groups is 1. The van der Waals surface area contributed by atoms with E-state index in [-0.39, 0.29) is 5.91 Å². The van der Waals surface area contributed by atoms with E-state index in [1.807, 2.05) is 42.2 Å². The Morgan fingerprint density at radius 3 is 2.44 bits per heavy atom. The standard InChI is InChI=1S/C27H26Cl2N2O/c1-2-31(18-22-12-7-13-25(28)26(22)29)27(32)24-17-30-15-14-23(24)21-11-6-10-20(16-21)19-8-4-3-5-9-19/h3-13,16,30H,2,14-15,17-18H2,1H3. The number of likely N-dealkylation sites (N-methyl/N-ethyl adjacent to an activating group) is 1. The number of benzene rings is 3. The Kier molecular flexibility index (Phi) is 7.31. The van der Waals surface area contributed by atoms with Crippen molar-refractivity contribution in [3.63, 3.8) is 0 Å². The first-order chi connectivity index (χ1) is 15.6. The Labute approximate surface area is 199 Å². The zero-order valence-electron chi connectivity index (χ0n) is 18.1. The van der Waals surface area contributed by atoms with E-state index in [0.717, 1.165) is 40.8 Å². The van der Waals surface area contributed by atoms with Gasteiger partial charge in [-0.25, -0.2) is 0 Å². The first-order valence-corrected chi connectivity index (χ1v) is 11.6. The van der Waals surface area contributed by atoms with Crippen LogP contribution in [0.4, 0.5) is 0 Å². The number of nitrogens with zero attached hydrogens (tertiary/aromatic N) is 1. The SMILES string of the molecule is CCN(Cc1cccc(Cl)c1Cl)C(=O)C1=C(c2cccc(-c3ccccc3)c2)CCNC1. The van der Waals surface area contributed by atoms with Crippen molar-refractivity contribution in [2.45, 2.75) is 19.9 Å². The van der Waals surface area contributed by atoms with Crippen molar-refractivity contribution in [2.75, 3.05) is 19.6 Å². The number of hydrogen-bond donors (Lipinski definition) is 1. The summed E-state index contributed by atoms with van der Waals surface area (Å²) >= 11 is 12.6. The van der Waals surface area contributed by atoms with Crippen molar-refractivity contribution in [2.24, 2.45) is 0 Å². The quantitative estimate of drug-likeness (QED) is 0.454. The normalized spacial score (nSPS) is 13.8. The molecule has 164 valence electrons. The van der Waals surface area contributed by atoms with Crippen LogP contribution in [0.3, 0.4) is 0 Å². The summed E-state index contributed by atoms with van der Waals surface area (Å²) < 4.78 is 0. The molecule has 0 spiro atoms. The molecular formula is C27H26Cl2N2O. The summed E-state index contributed by atoms with van der Waals surface area (Å²) in [5.74, 6) is 0.0378. The fraction of sp³-hybridized carbons (Fsp3) is 0.222. The molecule has 0 bridgehead atoms. The fourth-order valence-corrected chi connectivity index (χ4v) is 4.50. The molecule has 3 nitrogen and oxygen atoms in total. The lowest BCUT2D eigenvalue weighted by Gasteiger charge is -2.28. The summed E-state index contributed by atoms with van der Waals surface area (Å²) in [5, 5.41) is 4.38. The van der Waals surface area contributed by atoms with Gasteiger partial charge in [-0.1, -0.05) is 83.9 Å². The number of amides is 1. The summed E-state index contributed by atoms with van der Waals surface area (Å²) in [6.45, 7) is 4.42. The Balaban J connectivity index is 1.68. The van der Waals surface area contributed by atoms with Crippen molar-refractivity contribution < 1.29 is 4.79 Å². The molecule has 1 aliphatic rings. The van der Waals surface area contributed by atoms with Crippen LogP contribution in [0.25, 0.3) is 16.7 Å². The second-order valence-corrected chi connectivity index (χ2v) is 8.65. The zero-order valence-corrected chi connectivity index (χ0v) is 19.6. The highest BCUT2D eigenvalue weighted by molar-refractivity contribution is 6.42. The lowest BCUT2D eigenvalue weighted by atomic mass is 9.91.